The number of carbonyl (C=O) groups excluding carboxylic acids is 1. The molecule has 0 fully saturated rings. The van der Waals surface area contributed by atoms with Crippen molar-refractivity contribution < 1.29 is 22.0 Å². The van der Waals surface area contributed by atoms with Gasteiger partial charge >= 0.3 is 5.22 Å². The van der Waals surface area contributed by atoms with Crippen molar-refractivity contribution in [1.29, 1.82) is 0 Å². The van der Waals surface area contributed by atoms with E-state index in [0.29, 0.717) is 5.56 Å². The number of amides is 1. The molecule has 0 atom stereocenters. The molecule has 0 bridgehead atoms. The molecule has 0 aliphatic carbocycles. The van der Waals surface area contributed by atoms with Gasteiger partial charge in [0.1, 0.15) is 11.7 Å². The Morgan fingerprint density at radius 3 is 2.61 bits per heavy atom. The SMILES string of the molecule is O=C(CCl)NCCc1nnc(S(=O)(=O)Cc2ccc(F)cc2)o1. The highest BCUT2D eigenvalue weighted by molar-refractivity contribution is 7.90. The largest absolute Gasteiger partial charge is 0.412 e. The number of hydrogen-bond acceptors (Lipinski definition) is 6. The lowest BCUT2D eigenvalue weighted by molar-refractivity contribution is -0.118. The minimum absolute atomic E-state index is 0.0811. The number of nitrogens with zero attached hydrogens (tertiary/aromatic N) is 2. The first-order chi connectivity index (χ1) is 10.9. The van der Waals surface area contributed by atoms with Crippen molar-refractivity contribution in [2.24, 2.45) is 0 Å². The molecule has 2 aromatic rings. The monoisotopic (exact) mass is 361 g/mol. The molecular weight excluding hydrogens is 349 g/mol. The van der Waals surface area contributed by atoms with Crippen LogP contribution in [0.15, 0.2) is 33.9 Å². The van der Waals surface area contributed by atoms with Gasteiger partial charge in [0.05, 0.1) is 5.75 Å². The highest BCUT2D eigenvalue weighted by Gasteiger charge is 2.23. The molecule has 0 saturated heterocycles. The molecule has 7 nitrogen and oxygen atoms in total. The molecule has 1 aromatic carbocycles. The number of benzene rings is 1. The fourth-order valence-electron chi connectivity index (χ4n) is 1.68. The van der Waals surface area contributed by atoms with Crippen LogP contribution in [0, 0.1) is 5.82 Å². The second-order valence-corrected chi connectivity index (χ2v) is 6.72. The molecule has 23 heavy (non-hydrogen) atoms. The quantitative estimate of drug-likeness (QED) is 0.740. The predicted octanol–water partition coefficient (Wildman–Crippen LogP) is 1.08. The Kier molecular flexibility index (Phi) is 5.67. The molecule has 2 rings (SSSR count). The molecule has 1 aromatic heterocycles. The number of aromatic nitrogens is 2. The zero-order chi connectivity index (χ0) is 16.9. The van der Waals surface area contributed by atoms with E-state index in [1.165, 1.54) is 24.3 Å². The number of sulfone groups is 1. The summed E-state index contributed by atoms with van der Waals surface area (Å²) in [6, 6.07) is 5.07. The second kappa shape index (κ2) is 7.51. The van der Waals surface area contributed by atoms with Crippen molar-refractivity contribution in [3.05, 3.63) is 41.5 Å². The van der Waals surface area contributed by atoms with Crippen LogP contribution in [0.5, 0.6) is 0 Å². The van der Waals surface area contributed by atoms with Gasteiger partial charge in [-0.25, -0.2) is 12.8 Å². The van der Waals surface area contributed by atoms with Gasteiger partial charge < -0.3 is 9.73 Å². The molecule has 124 valence electrons. The number of rotatable bonds is 7. The van der Waals surface area contributed by atoms with Gasteiger partial charge in [-0.3, -0.25) is 4.79 Å². The number of carbonyl (C=O) groups is 1. The molecule has 0 aliphatic rings. The van der Waals surface area contributed by atoms with E-state index in [1.807, 2.05) is 0 Å². The smallest absolute Gasteiger partial charge is 0.335 e. The summed E-state index contributed by atoms with van der Waals surface area (Å²) in [4.78, 5) is 11.0. The summed E-state index contributed by atoms with van der Waals surface area (Å²) in [5.41, 5.74) is 0.403. The molecule has 0 saturated carbocycles. The summed E-state index contributed by atoms with van der Waals surface area (Å²) in [6.07, 6.45) is 0.182. The molecule has 10 heteroatoms. The maximum atomic E-state index is 12.8. The Labute approximate surface area is 136 Å². The summed E-state index contributed by atoms with van der Waals surface area (Å²) in [7, 11) is -3.82. The van der Waals surface area contributed by atoms with Crippen LogP contribution in [0.4, 0.5) is 4.39 Å². The molecule has 1 N–H and O–H groups in total. The number of alkyl halides is 1. The molecule has 0 spiro atoms. The number of hydrogen-bond donors (Lipinski definition) is 1. The molecule has 0 unspecified atom stereocenters. The van der Waals surface area contributed by atoms with E-state index in [0.717, 1.165) is 0 Å². The minimum atomic E-state index is -3.82. The summed E-state index contributed by atoms with van der Waals surface area (Å²) >= 11 is 5.32. The van der Waals surface area contributed by atoms with Gasteiger partial charge in [0.2, 0.25) is 21.6 Å². The number of nitrogens with one attached hydrogen (secondary N) is 1. The normalized spacial score (nSPS) is 11.4. The maximum Gasteiger partial charge on any atom is 0.335 e. The van der Waals surface area contributed by atoms with E-state index in [1.54, 1.807) is 0 Å². The highest BCUT2D eigenvalue weighted by Crippen LogP contribution is 2.15. The molecular formula is C13H13ClFN3O4S. The van der Waals surface area contributed by atoms with Crippen molar-refractivity contribution >= 4 is 27.3 Å². The fourth-order valence-corrected chi connectivity index (χ4v) is 2.92. The maximum absolute atomic E-state index is 12.8. The summed E-state index contributed by atoms with van der Waals surface area (Å²) in [5.74, 6) is -1.27. The van der Waals surface area contributed by atoms with Crippen LogP contribution in [-0.2, 0) is 26.8 Å². The van der Waals surface area contributed by atoms with Gasteiger partial charge in [0.25, 0.3) is 0 Å². The van der Waals surface area contributed by atoms with Crippen LogP contribution in [0.1, 0.15) is 11.5 Å². The third kappa shape index (κ3) is 5.00. The Bertz CT molecular complexity index is 777. The van der Waals surface area contributed by atoms with Crippen LogP contribution >= 0.6 is 11.6 Å². The van der Waals surface area contributed by atoms with Crippen molar-refractivity contribution in [1.82, 2.24) is 15.5 Å². The fraction of sp³-hybridized carbons (Fsp3) is 0.308. The van der Waals surface area contributed by atoms with Crippen LogP contribution in [0.2, 0.25) is 0 Å². The number of halogens is 2. The minimum Gasteiger partial charge on any atom is -0.412 e. The second-order valence-electron chi connectivity index (χ2n) is 4.58. The molecule has 1 heterocycles. The third-order valence-electron chi connectivity index (χ3n) is 2.77. The molecule has 0 radical (unpaired) electrons. The van der Waals surface area contributed by atoms with Crippen molar-refractivity contribution in [2.75, 3.05) is 12.4 Å². The van der Waals surface area contributed by atoms with Crippen LogP contribution in [0.3, 0.4) is 0 Å². The lowest BCUT2D eigenvalue weighted by Crippen LogP contribution is -2.26. The Hall–Kier alpha value is -2.00. The van der Waals surface area contributed by atoms with Crippen LogP contribution in [-0.4, -0.2) is 36.9 Å². The van der Waals surface area contributed by atoms with Gasteiger partial charge in [-0.1, -0.05) is 17.2 Å². The molecule has 0 aliphatic heterocycles. The average Bonchev–Trinajstić information content (AvgIpc) is 2.99. The standard InChI is InChI=1S/C13H13ClFN3O4S/c14-7-11(19)16-6-5-12-17-18-13(22-12)23(20,21)8-9-1-3-10(15)4-2-9/h1-4H,5-8H2,(H,16,19). The Balaban J connectivity index is 2.00. The first-order valence-corrected chi connectivity index (χ1v) is 8.71. The van der Waals surface area contributed by atoms with Crippen LogP contribution < -0.4 is 5.32 Å². The zero-order valence-electron chi connectivity index (χ0n) is 11.8. The summed E-state index contributed by atoms with van der Waals surface area (Å²) in [6.45, 7) is 0.200. The van der Waals surface area contributed by atoms with E-state index < -0.39 is 20.9 Å². The lowest BCUT2D eigenvalue weighted by atomic mass is 10.2. The molecule has 1 amide bonds. The van der Waals surface area contributed by atoms with Crippen LogP contribution in [0.25, 0.3) is 0 Å². The first kappa shape index (κ1) is 17.4. The van der Waals surface area contributed by atoms with E-state index >= 15 is 0 Å². The Morgan fingerprint density at radius 2 is 1.96 bits per heavy atom. The topological polar surface area (TPSA) is 102 Å². The van der Waals surface area contributed by atoms with Gasteiger partial charge in [0, 0.05) is 13.0 Å². The highest BCUT2D eigenvalue weighted by atomic mass is 35.5. The third-order valence-corrected chi connectivity index (χ3v) is 4.42. The van der Waals surface area contributed by atoms with E-state index in [-0.39, 0.29) is 36.4 Å². The van der Waals surface area contributed by atoms with E-state index in [4.69, 9.17) is 16.0 Å². The zero-order valence-corrected chi connectivity index (χ0v) is 13.4. The van der Waals surface area contributed by atoms with Crippen molar-refractivity contribution in [3.63, 3.8) is 0 Å². The summed E-state index contributed by atoms with van der Waals surface area (Å²) < 4.78 is 42.2. The van der Waals surface area contributed by atoms with E-state index in [2.05, 4.69) is 15.5 Å². The average molecular weight is 362 g/mol. The predicted molar refractivity (Wildman–Crippen MR) is 79.0 cm³/mol. The van der Waals surface area contributed by atoms with E-state index in [9.17, 15) is 17.6 Å². The van der Waals surface area contributed by atoms with Gasteiger partial charge in [0.15, 0.2) is 0 Å². The Morgan fingerprint density at radius 1 is 1.26 bits per heavy atom. The van der Waals surface area contributed by atoms with Gasteiger partial charge in [-0.05, 0) is 17.7 Å². The first-order valence-electron chi connectivity index (χ1n) is 6.53. The summed E-state index contributed by atoms with van der Waals surface area (Å²) in [5, 5.41) is 9.10. The van der Waals surface area contributed by atoms with Gasteiger partial charge in [-0.15, -0.1) is 16.7 Å². The van der Waals surface area contributed by atoms with Crippen molar-refractivity contribution in [3.8, 4) is 0 Å². The lowest BCUT2D eigenvalue weighted by Gasteiger charge is -2.00. The van der Waals surface area contributed by atoms with Crippen molar-refractivity contribution in [2.45, 2.75) is 17.4 Å². The van der Waals surface area contributed by atoms with Gasteiger partial charge in [-0.2, -0.15) is 0 Å².